The normalized spacial score (nSPS) is 13.8. The van der Waals surface area contributed by atoms with Crippen molar-refractivity contribution in [3.05, 3.63) is 34.3 Å². The van der Waals surface area contributed by atoms with Crippen LogP contribution < -0.4 is 5.32 Å². The molecule has 0 heterocycles. The lowest BCUT2D eigenvalue weighted by Crippen LogP contribution is -2.33. The molecule has 0 amide bonds. The van der Waals surface area contributed by atoms with E-state index in [2.05, 4.69) is 58.1 Å². The zero-order valence-electron chi connectivity index (χ0n) is 11.6. The molecule has 0 aliphatic carbocycles. The van der Waals surface area contributed by atoms with E-state index < -0.39 is 0 Å². The van der Waals surface area contributed by atoms with E-state index in [1.165, 1.54) is 5.56 Å². The predicted octanol–water partition coefficient (Wildman–Crippen LogP) is 4.74. The summed E-state index contributed by atoms with van der Waals surface area (Å²) >= 11 is 6.43. The molecule has 0 aliphatic heterocycles. The molecule has 1 N–H and O–H groups in total. The number of benzene rings is 1. The molecule has 2 heteroatoms. The van der Waals surface area contributed by atoms with Gasteiger partial charge in [-0.25, -0.2) is 0 Å². The average Bonchev–Trinajstić information content (AvgIpc) is 2.22. The molecule has 1 atom stereocenters. The molecular formula is C15H24ClN. The van der Waals surface area contributed by atoms with Crippen molar-refractivity contribution in [1.82, 2.24) is 5.32 Å². The van der Waals surface area contributed by atoms with Crippen LogP contribution in [0.5, 0.6) is 0 Å². The van der Waals surface area contributed by atoms with E-state index >= 15 is 0 Å². The van der Waals surface area contributed by atoms with E-state index in [0.29, 0.717) is 6.04 Å². The fourth-order valence-corrected chi connectivity index (χ4v) is 2.30. The zero-order valence-corrected chi connectivity index (χ0v) is 12.4. The molecule has 0 aromatic heterocycles. The number of halogens is 1. The Hall–Kier alpha value is -0.530. The van der Waals surface area contributed by atoms with Crippen molar-refractivity contribution in [3.8, 4) is 0 Å². The first-order chi connectivity index (χ1) is 7.88. The number of nitrogens with one attached hydrogen (secondary N) is 1. The molecule has 1 nitrogen and oxygen atoms in total. The van der Waals surface area contributed by atoms with Crippen LogP contribution in [0.4, 0.5) is 0 Å². The highest BCUT2D eigenvalue weighted by Crippen LogP contribution is 2.37. The van der Waals surface area contributed by atoms with E-state index in [0.717, 1.165) is 23.6 Å². The molecule has 1 aromatic rings. The van der Waals surface area contributed by atoms with E-state index in [1.54, 1.807) is 0 Å². The Morgan fingerprint density at radius 3 is 2.47 bits per heavy atom. The van der Waals surface area contributed by atoms with Crippen LogP contribution in [-0.4, -0.2) is 6.54 Å². The molecule has 1 unspecified atom stereocenters. The molecule has 1 aromatic carbocycles. The maximum Gasteiger partial charge on any atom is 0.0483 e. The minimum absolute atomic E-state index is 0.159. The first-order valence-corrected chi connectivity index (χ1v) is 6.74. The Balaban J connectivity index is 3.09. The molecule has 0 bridgehead atoms. The second-order valence-electron chi connectivity index (χ2n) is 5.73. The topological polar surface area (TPSA) is 12.0 Å². The second kappa shape index (κ2) is 5.88. The molecule has 96 valence electrons. The van der Waals surface area contributed by atoms with Gasteiger partial charge >= 0.3 is 0 Å². The third-order valence-corrected chi connectivity index (χ3v) is 3.51. The van der Waals surface area contributed by atoms with Gasteiger partial charge in [-0.1, -0.05) is 57.5 Å². The maximum absolute atomic E-state index is 6.43. The fourth-order valence-electron chi connectivity index (χ4n) is 2.06. The van der Waals surface area contributed by atoms with Crippen LogP contribution in [0.15, 0.2) is 18.2 Å². The lowest BCUT2D eigenvalue weighted by atomic mass is 9.82. The molecule has 0 aliphatic rings. The summed E-state index contributed by atoms with van der Waals surface area (Å²) in [5.41, 5.74) is 2.52. The lowest BCUT2D eigenvalue weighted by molar-refractivity contribution is 0.273. The van der Waals surface area contributed by atoms with Crippen molar-refractivity contribution in [2.45, 2.75) is 47.1 Å². The summed E-state index contributed by atoms with van der Waals surface area (Å²) in [5, 5.41) is 4.51. The van der Waals surface area contributed by atoms with Gasteiger partial charge < -0.3 is 5.32 Å². The van der Waals surface area contributed by atoms with Crippen LogP contribution in [-0.2, 0) is 0 Å². The van der Waals surface area contributed by atoms with Crippen LogP contribution >= 0.6 is 11.6 Å². The lowest BCUT2D eigenvalue weighted by Gasteiger charge is -2.33. The molecule has 0 fully saturated rings. The first kappa shape index (κ1) is 14.5. The summed E-state index contributed by atoms with van der Waals surface area (Å²) < 4.78 is 0. The highest BCUT2D eigenvalue weighted by Gasteiger charge is 2.27. The van der Waals surface area contributed by atoms with Crippen molar-refractivity contribution in [2.24, 2.45) is 5.41 Å². The molecule has 0 radical (unpaired) electrons. The maximum atomic E-state index is 6.43. The number of hydrogen-bond donors (Lipinski definition) is 1. The van der Waals surface area contributed by atoms with Gasteiger partial charge in [0.25, 0.3) is 0 Å². The zero-order chi connectivity index (χ0) is 13.1. The highest BCUT2D eigenvalue weighted by atomic mass is 35.5. The van der Waals surface area contributed by atoms with Crippen molar-refractivity contribution in [3.63, 3.8) is 0 Å². The summed E-state index contributed by atoms with van der Waals surface area (Å²) in [7, 11) is 0. The Kier molecular flexibility index (Phi) is 5.03. The van der Waals surface area contributed by atoms with Crippen LogP contribution in [0.3, 0.4) is 0 Å². The SMILES string of the molecule is CCCNC(c1cccc(C)c1Cl)C(C)(C)C. The molecular weight excluding hydrogens is 230 g/mol. The van der Waals surface area contributed by atoms with Gasteiger partial charge in [0, 0.05) is 11.1 Å². The minimum atomic E-state index is 0.159. The van der Waals surface area contributed by atoms with Crippen LogP contribution in [0, 0.1) is 12.3 Å². The van der Waals surface area contributed by atoms with Crippen LogP contribution in [0.2, 0.25) is 5.02 Å². The third kappa shape index (κ3) is 3.72. The van der Waals surface area contributed by atoms with Crippen molar-refractivity contribution >= 4 is 11.6 Å². The van der Waals surface area contributed by atoms with E-state index in [1.807, 2.05) is 0 Å². The Morgan fingerprint density at radius 1 is 1.29 bits per heavy atom. The van der Waals surface area contributed by atoms with Gasteiger partial charge in [-0.2, -0.15) is 0 Å². The van der Waals surface area contributed by atoms with Gasteiger partial charge in [-0.15, -0.1) is 0 Å². The largest absolute Gasteiger partial charge is 0.309 e. The second-order valence-corrected chi connectivity index (χ2v) is 6.11. The standard InChI is InChI=1S/C15H24ClN/c1-6-10-17-14(15(3,4)5)12-9-7-8-11(2)13(12)16/h7-9,14,17H,6,10H2,1-5H3. The van der Waals surface area contributed by atoms with E-state index in [9.17, 15) is 0 Å². The summed E-state index contributed by atoms with van der Waals surface area (Å²) in [6.07, 6.45) is 1.13. The smallest absolute Gasteiger partial charge is 0.0483 e. The summed E-state index contributed by atoms with van der Waals surface area (Å²) in [4.78, 5) is 0. The molecule has 0 saturated heterocycles. The Bertz CT molecular complexity index is 366. The molecule has 1 rings (SSSR count). The van der Waals surface area contributed by atoms with Gasteiger partial charge in [0.2, 0.25) is 0 Å². The van der Waals surface area contributed by atoms with Gasteiger partial charge in [0.05, 0.1) is 0 Å². The monoisotopic (exact) mass is 253 g/mol. The number of rotatable bonds is 4. The quantitative estimate of drug-likeness (QED) is 0.818. The van der Waals surface area contributed by atoms with Crippen LogP contribution in [0.25, 0.3) is 0 Å². The summed E-state index contributed by atoms with van der Waals surface area (Å²) in [6.45, 7) is 12.0. The number of aryl methyl sites for hydroxylation is 1. The summed E-state index contributed by atoms with van der Waals surface area (Å²) in [6, 6.07) is 6.58. The third-order valence-electron chi connectivity index (χ3n) is 3.00. The van der Waals surface area contributed by atoms with E-state index in [-0.39, 0.29) is 5.41 Å². The van der Waals surface area contributed by atoms with E-state index in [4.69, 9.17) is 11.6 Å². The van der Waals surface area contributed by atoms with Gasteiger partial charge in [-0.3, -0.25) is 0 Å². The van der Waals surface area contributed by atoms with Gasteiger partial charge in [-0.05, 0) is 36.4 Å². The molecule has 0 saturated carbocycles. The predicted molar refractivity (Wildman–Crippen MR) is 76.7 cm³/mol. The molecule has 17 heavy (non-hydrogen) atoms. The number of hydrogen-bond acceptors (Lipinski definition) is 1. The molecule has 0 spiro atoms. The highest BCUT2D eigenvalue weighted by molar-refractivity contribution is 6.32. The van der Waals surface area contributed by atoms with Crippen LogP contribution in [0.1, 0.15) is 51.3 Å². The Labute approximate surface area is 111 Å². The average molecular weight is 254 g/mol. The Morgan fingerprint density at radius 2 is 1.94 bits per heavy atom. The minimum Gasteiger partial charge on any atom is -0.309 e. The van der Waals surface area contributed by atoms with Crippen molar-refractivity contribution in [2.75, 3.05) is 6.54 Å². The first-order valence-electron chi connectivity index (χ1n) is 6.36. The summed E-state index contributed by atoms with van der Waals surface area (Å²) in [5.74, 6) is 0. The van der Waals surface area contributed by atoms with Gasteiger partial charge in [0.15, 0.2) is 0 Å². The van der Waals surface area contributed by atoms with Crippen molar-refractivity contribution in [1.29, 1.82) is 0 Å². The van der Waals surface area contributed by atoms with Gasteiger partial charge in [0.1, 0.15) is 0 Å². The van der Waals surface area contributed by atoms with Crippen molar-refractivity contribution < 1.29 is 0 Å². The fraction of sp³-hybridized carbons (Fsp3) is 0.600.